The van der Waals surface area contributed by atoms with E-state index in [2.05, 4.69) is 16.0 Å². The number of hydrogen-bond acceptors (Lipinski definition) is 4. The van der Waals surface area contributed by atoms with Crippen LogP contribution in [0.2, 0.25) is 0 Å². The van der Waals surface area contributed by atoms with Crippen LogP contribution in [-0.4, -0.2) is 23.8 Å². The van der Waals surface area contributed by atoms with Gasteiger partial charge in [0.15, 0.2) is 0 Å². The van der Waals surface area contributed by atoms with E-state index in [1.165, 1.54) is 6.92 Å². The Bertz CT molecular complexity index is 528. The Kier molecular flexibility index (Phi) is 3.79. The number of amides is 3. The van der Waals surface area contributed by atoms with Crippen molar-refractivity contribution < 1.29 is 14.4 Å². The van der Waals surface area contributed by atoms with Crippen LogP contribution >= 0.6 is 0 Å². The first-order valence-electron chi connectivity index (χ1n) is 6.02. The Morgan fingerprint density at radius 1 is 1.32 bits per heavy atom. The molecule has 1 aliphatic rings. The number of carbonyl (C=O) groups excluding carboxylic acids is 3. The predicted octanol–water partition coefficient (Wildman–Crippen LogP) is 0.862. The minimum absolute atomic E-state index is 0.154. The van der Waals surface area contributed by atoms with Gasteiger partial charge in [-0.1, -0.05) is 6.07 Å². The number of benzene rings is 1. The standard InChI is InChI=1S/C13H15N3O3/c1-8(17)14-9-3-2-4-10(7-9)15-11-5-6-12(18)16-13(11)19/h2-4,7,11,15H,5-6H2,1H3,(H,14,17)(H,16,18,19)/t11-/m0/s1. The molecule has 3 N–H and O–H groups in total. The summed E-state index contributed by atoms with van der Waals surface area (Å²) in [6.45, 7) is 1.43. The van der Waals surface area contributed by atoms with Crippen LogP contribution in [0.15, 0.2) is 24.3 Å². The maximum Gasteiger partial charge on any atom is 0.249 e. The molecule has 1 aromatic rings. The molecular weight excluding hydrogens is 246 g/mol. The predicted molar refractivity (Wildman–Crippen MR) is 70.5 cm³/mol. The summed E-state index contributed by atoms with van der Waals surface area (Å²) in [5.74, 6) is -0.714. The van der Waals surface area contributed by atoms with Crippen LogP contribution in [0.3, 0.4) is 0 Å². The Morgan fingerprint density at radius 3 is 2.74 bits per heavy atom. The van der Waals surface area contributed by atoms with Gasteiger partial charge in [-0.15, -0.1) is 0 Å². The lowest BCUT2D eigenvalue weighted by atomic mass is 10.1. The third-order valence-corrected chi connectivity index (χ3v) is 2.76. The summed E-state index contributed by atoms with van der Waals surface area (Å²) in [5, 5.41) is 8.00. The summed E-state index contributed by atoms with van der Waals surface area (Å²) < 4.78 is 0. The number of anilines is 2. The first-order chi connectivity index (χ1) is 9.04. The van der Waals surface area contributed by atoms with Gasteiger partial charge in [-0.05, 0) is 24.6 Å². The molecule has 1 fully saturated rings. The highest BCUT2D eigenvalue weighted by atomic mass is 16.2. The Labute approximate surface area is 110 Å². The van der Waals surface area contributed by atoms with E-state index in [0.29, 0.717) is 18.5 Å². The number of hydrogen-bond donors (Lipinski definition) is 3. The minimum atomic E-state index is -0.426. The average Bonchev–Trinajstić information content (AvgIpc) is 2.32. The maximum absolute atomic E-state index is 11.6. The largest absolute Gasteiger partial charge is 0.374 e. The summed E-state index contributed by atoms with van der Waals surface area (Å²) in [6.07, 6.45) is 0.795. The highest BCUT2D eigenvalue weighted by molar-refractivity contribution is 6.01. The third kappa shape index (κ3) is 3.54. The minimum Gasteiger partial charge on any atom is -0.374 e. The molecule has 2 rings (SSSR count). The average molecular weight is 261 g/mol. The fourth-order valence-corrected chi connectivity index (χ4v) is 1.92. The van der Waals surface area contributed by atoms with Crippen molar-refractivity contribution in [2.24, 2.45) is 0 Å². The summed E-state index contributed by atoms with van der Waals surface area (Å²) in [6, 6.07) is 6.65. The third-order valence-electron chi connectivity index (χ3n) is 2.76. The van der Waals surface area contributed by atoms with Crippen molar-refractivity contribution in [1.29, 1.82) is 0 Å². The molecule has 1 atom stereocenters. The van der Waals surface area contributed by atoms with Gasteiger partial charge < -0.3 is 10.6 Å². The lowest BCUT2D eigenvalue weighted by Crippen LogP contribution is -2.47. The molecular formula is C13H15N3O3. The van der Waals surface area contributed by atoms with Crippen molar-refractivity contribution in [3.63, 3.8) is 0 Å². The summed E-state index contributed by atoms with van der Waals surface area (Å²) >= 11 is 0. The molecule has 0 radical (unpaired) electrons. The van der Waals surface area contributed by atoms with Gasteiger partial charge in [0.2, 0.25) is 17.7 Å². The molecule has 100 valence electrons. The Hall–Kier alpha value is -2.37. The van der Waals surface area contributed by atoms with E-state index in [1.807, 2.05) is 0 Å². The van der Waals surface area contributed by atoms with E-state index in [0.717, 1.165) is 5.69 Å². The molecule has 1 heterocycles. The first-order valence-corrected chi connectivity index (χ1v) is 6.02. The molecule has 1 aromatic carbocycles. The van der Waals surface area contributed by atoms with Crippen LogP contribution < -0.4 is 16.0 Å². The van der Waals surface area contributed by atoms with Crippen molar-refractivity contribution in [2.75, 3.05) is 10.6 Å². The lowest BCUT2D eigenvalue weighted by Gasteiger charge is -2.23. The second-order valence-corrected chi connectivity index (χ2v) is 4.41. The molecule has 19 heavy (non-hydrogen) atoms. The van der Waals surface area contributed by atoms with Gasteiger partial charge in [-0.2, -0.15) is 0 Å². The molecule has 0 saturated carbocycles. The number of rotatable bonds is 3. The fourth-order valence-electron chi connectivity index (χ4n) is 1.92. The summed E-state index contributed by atoms with van der Waals surface area (Å²) in [4.78, 5) is 33.6. The van der Waals surface area contributed by atoms with Crippen molar-refractivity contribution in [2.45, 2.75) is 25.8 Å². The molecule has 0 unspecified atom stereocenters. The zero-order valence-electron chi connectivity index (χ0n) is 10.5. The number of nitrogens with one attached hydrogen (secondary N) is 3. The lowest BCUT2D eigenvalue weighted by molar-refractivity contribution is -0.133. The van der Waals surface area contributed by atoms with Gasteiger partial charge in [0.1, 0.15) is 6.04 Å². The molecule has 1 saturated heterocycles. The Balaban J connectivity index is 2.04. The van der Waals surface area contributed by atoms with E-state index >= 15 is 0 Å². The van der Waals surface area contributed by atoms with Crippen LogP contribution in [0, 0.1) is 0 Å². The second-order valence-electron chi connectivity index (χ2n) is 4.41. The maximum atomic E-state index is 11.6. The van der Waals surface area contributed by atoms with Crippen LogP contribution in [0.1, 0.15) is 19.8 Å². The number of carbonyl (C=O) groups is 3. The summed E-state index contributed by atoms with van der Waals surface area (Å²) in [7, 11) is 0. The fraction of sp³-hybridized carbons (Fsp3) is 0.308. The second kappa shape index (κ2) is 5.51. The van der Waals surface area contributed by atoms with E-state index in [-0.39, 0.29) is 17.7 Å². The molecule has 0 aliphatic carbocycles. The quantitative estimate of drug-likeness (QED) is 0.704. The van der Waals surface area contributed by atoms with E-state index < -0.39 is 6.04 Å². The number of imide groups is 1. The molecule has 6 nitrogen and oxygen atoms in total. The topological polar surface area (TPSA) is 87.3 Å². The highest BCUT2D eigenvalue weighted by Gasteiger charge is 2.26. The van der Waals surface area contributed by atoms with Crippen molar-refractivity contribution >= 4 is 29.1 Å². The normalized spacial score (nSPS) is 18.7. The van der Waals surface area contributed by atoms with E-state index in [4.69, 9.17) is 0 Å². The van der Waals surface area contributed by atoms with Gasteiger partial charge >= 0.3 is 0 Å². The van der Waals surface area contributed by atoms with Gasteiger partial charge in [0, 0.05) is 24.7 Å². The first kappa shape index (κ1) is 13.1. The molecule has 1 aliphatic heterocycles. The molecule has 0 aromatic heterocycles. The number of piperidine rings is 1. The van der Waals surface area contributed by atoms with Gasteiger partial charge in [0.25, 0.3) is 0 Å². The smallest absolute Gasteiger partial charge is 0.249 e. The van der Waals surface area contributed by atoms with Crippen molar-refractivity contribution in [3.05, 3.63) is 24.3 Å². The van der Waals surface area contributed by atoms with Crippen LogP contribution in [0.4, 0.5) is 11.4 Å². The molecule has 3 amide bonds. The zero-order valence-corrected chi connectivity index (χ0v) is 10.5. The van der Waals surface area contributed by atoms with Crippen molar-refractivity contribution in [1.82, 2.24) is 5.32 Å². The zero-order chi connectivity index (χ0) is 13.8. The molecule has 0 bridgehead atoms. The Morgan fingerprint density at radius 2 is 2.05 bits per heavy atom. The highest BCUT2D eigenvalue weighted by Crippen LogP contribution is 2.18. The van der Waals surface area contributed by atoms with Crippen LogP contribution in [0.5, 0.6) is 0 Å². The molecule has 0 spiro atoms. The SMILES string of the molecule is CC(=O)Nc1cccc(N[C@H]2CCC(=O)NC2=O)c1. The van der Waals surface area contributed by atoms with Crippen molar-refractivity contribution in [3.8, 4) is 0 Å². The monoisotopic (exact) mass is 261 g/mol. The van der Waals surface area contributed by atoms with Gasteiger partial charge in [-0.3, -0.25) is 19.7 Å². The van der Waals surface area contributed by atoms with Gasteiger partial charge in [0.05, 0.1) is 0 Å². The van der Waals surface area contributed by atoms with E-state index in [1.54, 1.807) is 24.3 Å². The van der Waals surface area contributed by atoms with Gasteiger partial charge in [-0.25, -0.2) is 0 Å². The van der Waals surface area contributed by atoms with Crippen LogP contribution in [-0.2, 0) is 14.4 Å². The van der Waals surface area contributed by atoms with E-state index in [9.17, 15) is 14.4 Å². The van der Waals surface area contributed by atoms with Crippen LogP contribution in [0.25, 0.3) is 0 Å². The molecule has 6 heteroatoms. The summed E-state index contributed by atoms with van der Waals surface area (Å²) in [5.41, 5.74) is 1.38.